The Hall–Kier alpha value is -0.960. The van der Waals surface area contributed by atoms with Gasteiger partial charge in [-0.05, 0) is 50.1 Å². The highest BCUT2D eigenvalue weighted by atomic mass is 32.2. The fraction of sp³-hybridized carbons (Fsp3) is 0.722. The minimum absolute atomic E-state index is 0.0185. The fourth-order valence-corrected chi connectivity index (χ4v) is 6.52. The van der Waals surface area contributed by atoms with Gasteiger partial charge in [-0.15, -0.1) is 11.3 Å². The average molecular weight is 400 g/mol. The van der Waals surface area contributed by atoms with E-state index in [1.54, 1.807) is 17.5 Å². The molecule has 0 aliphatic carbocycles. The van der Waals surface area contributed by atoms with E-state index in [0.29, 0.717) is 17.3 Å². The summed E-state index contributed by atoms with van der Waals surface area (Å²) in [5, 5.41) is 4.94. The number of hydrogen-bond donors (Lipinski definition) is 1. The van der Waals surface area contributed by atoms with Crippen molar-refractivity contribution in [1.82, 2.24) is 14.5 Å². The molecule has 1 N–H and O–H groups in total. The molecule has 1 aromatic rings. The molecule has 3 rings (SSSR count). The maximum absolute atomic E-state index is 12.7. The monoisotopic (exact) mass is 399 g/mol. The van der Waals surface area contributed by atoms with Gasteiger partial charge in [-0.25, -0.2) is 8.42 Å². The molecule has 1 unspecified atom stereocenters. The first kappa shape index (κ1) is 19.8. The number of carbonyl (C=O) groups excluding carboxylic acids is 1. The van der Waals surface area contributed by atoms with Crippen LogP contribution in [-0.2, 0) is 14.8 Å². The Morgan fingerprint density at radius 2 is 2.04 bits per heavy atom. The molecule has 1 aromatic heterocycles. The molecule has 1 atom stereocenters. The zero-order chi connectivity index (χ0) is 18.6. The highest BCUT2D eigenvalue weighted by Gasteiger charge is 2.34. The van der Waals surface area contributed by atoms with Crippen LogP contribution in [0.15, 0.2) is 21.7 Å². The van der Waals surface area contributed by atoms with E-state index in [4.69, 9.17) is 0 Å². The van der Waals surface area contributed by atoms with Gasteiger partial charge in [0.15, 0.2) is 0 Å². The molecule has 2 aliphatic rings. The van der Waals surface area contributed by atoms with Gasteiger partial charge in [0, 0.05) is 32.2 Å². The van der Waals surface area contributed by atoms with E-state index >= 15 is 0 Å². The van der Waals surface area contributed by atoms with E-state index in [-0.39, 0.29) is 17.9 Å². The molecule has 0 saturated carbocycles. The van der Waals surface area contributed by atoms with Crippen molar-refractivity contribution in [3.05, 3.63) is 17.5 Å². The van der Waals surface area contributed by atoms with Crippen LogP contribution in [0.25, 0.3) is 0 Å². The standard InChI is InChI=1S/C18H29N3O3S2/c1-2-9-20-11-7-16(8-12-20)19-18(22)15-5-3-10-21(14-15)26(23,24)17-6-4-13-25-17/h4,6,13,15-16H,2-3,5,7-12,14H2,1H3,(H,19,22). The van der Waals surface area contributed by atoms with Crippen molar-refractivity contribution >= 4 is 27.3 Å². The summed E-state index contributed by atoms with van der Waals surface area (Å²) >= 11 is 1.23. The van der Waals surface area contributed by atoms with E-state index in [0.717, 1.165) is 51.7 Å². The zero-order valence-corrected chi connectivity index (χ0v) is 17.0. The summed E-state index contributed by atoms with van der Waals surface area (Å²) in [5.74, 6) is -0.225. The van der Waals surface area contributed by atoms with Crippen LogP contribution in [0.5, 0.6) is 0 Å². The predicted molar refractivity (Wildman–Crippen MR) is 104 cm³/mol. The van der Waals surface area contributed by atoms with E-state index in [2.05, 4.69) is 17.1 Å². The van der Waals surface area contributed by atoms with Gasteiger partial charge in [0.05, 0.1) is 5.92 Å². The van der Waals surface area contributed by atoms with Crippen LogP contribution in [-0.4, -0.2) is 62.3 Å². The molecule has 26 heavy (non-hydrogen) atoms. The second-order valence-corrected chi connectivity index (χ2v) is 10.4. The molecular weight excluding hydrogens is 370 g/mol. The number of piperidine rings is 2. The third kappa shape index (κ3) is 4.65. The Labute approximate surface area is 160 Å². The van der Waals surface area contributed by atoms with E-state index in [1.807, 2.05) is 0 Å². The summed E-state index contributed by atoms with van der Waals surface area (Å²) < 4.78 is 27.3. The van der Waals surface area contributed by atoms with Crippen LogP contribution in [0, 0.1) is 5.92 Å². The lowest BCUT2D eigenvalue weighted by Crippen LogP contribution is -2.50. The van der Waals surface area contributed by atoms with Gasteiger partial charge in [0.1, 0.15) is 4.21 Å². The van der Waals surface area contributed by atoms with Crippen LogP contribution in [0.2, 0.25) is 0 Å². The topological polar surface area (TPSA) is 69.7 Å². The molecule has 2 fully saturated rings. The Bertz CT molecular complexity index is 683. The minimum Gasteiger partial charge on any atom is -0.353 e. The molecule has 2 saturated heterocycles. The quantitative estimate of drug-likeness (QED) is 0.796. The molecular formula is C18H29N3O3S2. The maximum Gasteiger partial charge on any atom is 0.252 e. The first-order valence-electron chi connectivity index (χ1n) is 9.57. The Kier molecular flexibility index (Phi) is 6.71. The van der Waals surface area contributed by atoms with Crippen LogP contribution >= 0.6 is 11.3 Å². The summed E-state index contributed by atoms with van der Waals surface area (Å²) in [4.78, 5) is 15.1. The lowest BCUT2D eigenvalue weighted by atomic mass is 9.97. The lowest BCUT2D eigenvalue weighted by molar-refractivity contribution is -0.127. The predicted octanol–water partition coefficient (Wildman–Crippen LogP) is 2.14. The van der Waals surface area contributed by atoms with Gasteiger partial charge in [0.25, 0.3) is 10.0 Å². The van der Waals surface area contributed by atoms with Crippen molar-refractivity contribution < 1.29 is 13.2 Å². The molecule has 1 amide bonds. The summed E-state index contributed by atoms with van der Waals surface area (Å²) in [6.45, 7) is 6.16. The van der Waals surface area contributed by atoms with Crippen LogP contribution in [0.3, 0.4) is 0 Å². The Morgan fingerprint density at radius 3 is 2.69 bits per heavy atom. The summed E-state index contributed by atoms with van der Waals surface area (Å²) in [6, 6.07) is 3.60. The number of rotatable bonds is 6. The van der Waals surface area contributed by atoms with Crippen molar-refractivity contribution in [2.75, 3.05) is 32.7 Å². The van der Waals surface area contributed by atoms with Gasteiger partial charge in [-0.3, -0.25) is 4.79 Å². The van der Waals surface area contributed by atoms with Gasteiger partial charge in [0.2, 0.25) is 5.91 Å². The highest BCUT2D eigenvalue weighted by molar-refractivity contribution is 7.91. The minimum atomic E-state index is -3.47. The zero-order valence-electron chi connectivity index (χ0n) is 15.4. The Balaban J connectivity index is 1.54. The van der Waals surface area contributed by atoms with Gasteiger partial charge < -0.3 is 10.2 Å². The normalized spacial score (nSPS) is 23.8. The number of amides is 1. The molecule has 0 bridgehead atoms. The van der Waals surface area contributed by atoms with E-state index in [1.165, 1.54) is 15.6 Å². The third-order valence-electron chi connectivity index (χ3n) is 5.32. The van der Waals surface area contributed by atoms with E-state index in [9.17, 15) is 13.2 Å². The molecule has 0 aromatic carbocycles. The lowest BCUT2D eigenvalue weighted by Gasteiger charge is -2.35. The third-order valence-corrected chi connectivity index (χ3v) is 8.56. The fourth-order valence-electron chi connectivity index (χ4n) is 3.85. The average Bonchev–Trinajstić information content (AvgIpc) is 3.19. The second-order valence-electron chi connectivity index (χ2n) is 7.26. The SMILES string of the molecule is CCCN1CCC(NC(=O)C2CCCN(S(=O)(=O)c3cccs3)C2)CC1. The Morgan fingerprint density at radius 1 is 1.27 bits per heavy atom. The number of carbonyl (C=O) groups is 1. The largest absolute Gasteiger partial charge is 0.353 e. The number of likely N-dealkylation sites (tertiary alicyclic amines) is 1. The number of sulfonamides is 1. The summed E-state index contributed by atoms with van der Waals surface area (Å²) in [6.07, 6.45) is 4.62. The van der Waals surface area contributed by atoms with Crippen LogP contribution in [0.4, 0.5) is 0 Å². The number of thiophene rings is 1. The van der Waals surface area contributed by atoms with Crippen molar-refractivity contribution in [3.8, 4) is 0 Å². The molecule has 2 aliphatic heterocycles. The second kappa shape index (κ2) is 8.82. The van der Waals surface area contributed by atoms with Crippen molar-refractivity contribution in [3.63, 3.8) is 0 Å². The molecule has 146 valence electrons. The smallest absolute Gasteiger partial charge is 0.252 e. The van der Waals surface area contributed by atoms with Crippen LogP contribution < -0.4 is 5.32 Å². The highest BCUT2D eigenvalue weighted by Crippen LogP contribution is 2.26. The van der Waals surface area contributed by atoms with Gasteiger partial charge in [-0.2, -0.15) is 4.31 Å². The summed E-state index contributed by atoms with van der Waals surface area (Å²) in [5.41, 5.74) is 0. The van der Waals surface area contributed by atoms with Crippen molar-refractivity contribution in [2.24, 2.45) is 5.92 Å². The maximum atomic E-state index is 12.7. The first-order chi connectivity index (χ1) is 12.5. The number of nitrogens with one attached hydrogen (secondary N) is 1. The first-order valence-corrected chi connectivity index (χ1v) is 11.9. The number of hydrogen-bond acceptors (Lipinski definition) is 5. The molecule has 6 nitrogen and oxygen atoms in total. The molecule has 3 heterocycles. The summed E-state index contributed by atoms with van der Waals surface area (Å²) in [7, 11) is -3.47. The molecule has 0 radical (unpaired) electrons. The van der Waals surface area contributed by atoms with E-state index < -0.39 is 10.0 Å². The van der Waals surface area contributed by atoms with Crippen molar-refractivity contribution in [1.29, 1.82) is 0 Å². The number of nitrogens with zero attached hydrogens (tertiary/aromatic N) is 2. The molecule has 8 heteroatoms. The van der Waals surface area contributed by atoms with Crippen molar-refractivity contribution in [2.45, 2.75) is 49.3 Å². The van der Waals surface area contributed by atoms with Crippen LogP contribution in [0.1, 0.15) is 39.0 Å². The molecule has 0 spiro atoms. The van der Waals surface area contributed by atoms with Gasteiger partial charge >= 0.3 is 0 Å². The van der Waals surface area contributed by atoms with Gasteiger partial charge in [-0.1, -0.05) is 13.0 Å².